The van der Waals surface area contributed by atoms with E-state index in [9.17, 15) is 4.79 Å². The van der Waals surface area contributed by atoms with Crippen LogP contribution >= 0.6 is 0 Å². The first-order valence-corrected chi connectivity index (χ1v) is 5.72. The van der Waals surface area contributed by atoms with Gasteiger partial charge in [0.25, 0.3) is 0 Å². The molecule has 82 valence electrons. The number of carbonyl (C=O) groups is 1. The average molecular weight is 197 g/mol. The van der Waals surface area contributed by atoms with E-state index in [4.69, 9.17) is 0 Å². The molecule has 14 heavy (non-hydrogen) atoms. The van der Waals surface area contributed by atoms with Crippen LogP contribution in [0.5, 0.6) is 0 Å². The molecule has 0 unspecified atom stereocenters. The number of hydrogen-bond donors (Lipinski definition) is 1. The predicted molar refractivity (Wildman–Crippen MR) is 59.3 cm³/mol. The van der Waals surface area contributed by atoms with Crippen LogP contribution < -0.4 is 5.32 Å². The third-order valence-corrected chi connectivity index (χ3v) is 3.09. The molecule has 1 aliphatic rings. The lowest BCUT2D eigenvalue weighted by molar-refractivity contribution is -0.133. The summed E-state index contributed by atoms with van der Waals surface area (Å²) in [5.74, 6) is 0.393. The third-order valence-electron chi connectivity index (χ3n) is 3.09. The van der Waals surface area contributed by atoms with Crippen LogP contribution in [-0.2, 0) is 4.79 Å². The van der Waals surface area contributed by atoms with Crippen LogP contribution in [0.4, 0.5) is 0 Å². The monoisotopic (exact) mass is 197 g/mol. The number of nitrogens with one attached hydrogen (secondary N) is 1. The summed E-state index contributed by atoms with van der Waals surface area (Å²) in [6.07, 6.45) is 4.43. The molecule has 1 aliphatic carbocycles. The van der Waals surface area contributed by atoms with Crippen LogP contribution in [0.25, 0.3) is 0 Å². The fraction of sp³-hybridized carbons (Fsp3) is 0.917. The molecule has 0 aromatic heterocycles. The van der Waals surface area contributed by atoms with Gasteiger partial charge < -0.3 is 5.32 Å². The third kappa shape index (κ3) is 2.17. The van der Waals surface area contributed by atoms with Gasteiger partial charge in [0.05, 0.1) is 5.54 Å². The largest absolute Gasteiger partial charge is 0.305 e. The summed E-state index contributed by atoms with van der Waals surface area (Å²) in [4.78, 5) is 12.3. The summed E-state index contributed by atoms with van der Waals surface area (Å²) in [5.41, 5.74) is -0.417. The van der Waals surface area contributed by atoms with Crippen molar-refractivity contribution in [3.8, 4) is 0 Å². The second kappa shape index (κ2) is 4.01. The van der Waals surface area contributed by atoms with Crippen molar-refractivity contribution in [1.29, 1.82) is 0 Å². The zero-order chi connectivity index (χ0) is 10.8. The van der Waals surface area contributed by atoms with Crippen molar-refractivity contribution in [3.05, 3.63) is 0 Å². The van der Waals surface area contributed by atoms with E-state index >= 15 is 0 Å². The van der Waals surface area contributed by atoms with Gasteiger partial charge in [-0.1, -0.05) is 40.5 Å². The van der Waals surface area contributed by atoms with E-state index in [0.29, 0.717) is 5.78 Å². The van der Waals surface area contributed by atoms with Gasteiger partial charge in [-0.05, 0) is 19.4 Å². The van der Waals surface area contributed by atoms with Gasteiger partial charge in [-0.2, -0.15) is 0 Å². The number of carbonyl (C=O) groups excluding carboxylic acids is 1. The Morgan fingerprint density at radius 2 is 1.79 bits per heavy atom. The van der Waals surface area contributed by atoms with Crippen molar-refractivity contribution in [3.63, 3.8) is 0 Å². The highest BCUT2D eigenvalue weighted by molar-refractivity contribution is 5.93. The maximum absolute atomic E-state index is 12.3. The maximum Gasteiger partial charge on any atom is 0.158 e. The van der Waals surface area contributed by atoms with E-state index < -0.39 is 0 Å². The molecule has 0 atom stereocenters. The van der Waals surface area contributed by atoms with E-state index in [1.165, 1.54) is 12.8 Å². The van der Waals surface area contributed by atoms with Crippen molar-refractivity contribution in [2.24, 2.45) is 5.41 Å². The van der Waals surface area contributed by atoms with Crippen molar-refractivity contribution >= 4 is 5.78 Å². The Bertz CT molecular complexity index is 209. The van der Waals surface area contributed by atoms with Crippen molar-refractivity contribution in [2.45, 2.75) is 58.9 Å². The molecule has 0 heterocycles. The van der Waals surface area contributed by atoms with E-state index in [1.807, 2.05) is 20.8 Å². The van der Waals surface area contributed by atoms with Crippen LogP contribution in [0.2, 0.25) is 0 Å². The Morgan fingerprint density at radius 3 is 2.14 bits per heavy atom. The molecular formula is C12H23NO. The summed E-state index contributed by atoms with van der Waals surface area (Å²) in [7, 11) is 0. The van der Waals surface area contributed by atoms with Crippen LogP contribution in [-0.4, -0.2) is 17.9 Å². The molecule has 0 aliphatic heterocycles. The normalized spacial score (nSPS) is 21.1. The van der Waals surface area contributed by atoms with Crippen LogP contribution in [0.1, 0.15) is 53.4 Å². The topological polar surface area (TPSA) is 29.1 Å². The molecule has 0 aromatic carbocycles. The van der Waals surface area contributed by atoms with Crippen molar-refractivity contribution in [2.75, 3.05) is 6.54 Å². The first-order chi connectivity index (χ1) is 6.42. The lowest BCUT2D eigenvalue weighted by atomic mass is 9.77. The van der Waals surface area contributed by atoms with Gasteiger partial charge >= 0.3 is 0 Å². The molecule has 1 fully saturated rings. The Morgan fingerprint density at radius 1 is 1.29 bits per heavy atom. The van der Waals surface area contributed by atoms with Gasteiger partial charge in [0, 0.05) is 5.41 Å². The summed E-state index contributed by atoms with van der Waals surface area (Å²) >= 11 is 0. The van der Waals surface area contributed by atoms with E-state index in [0.717, 1.165) is 19.4 Å². The molecule has 0 saturated heterocycles. The highest BCUT2D eigenvalue weighted by atomic mass is 16.1. The highest BCUT2D eigenvalue weighted by Gasteiger charge is 2.44. The minimum atomic E-state index is -0.216. The first-order valence-electron chi connectivity index (χ1n) is 5.72. The van der Waals surface area contributed by atoms with Gasteiger partial charge in [-0.15, -0.1) is 0 Å². The summed E-state index contributed by atoms with van der Waals surface area (Å²) in [6, 6.07) is 0. The smallest absolute Gasteiger partial charge is 0.158 e. The molecule has 0 aromatic rings. The summed E-state index contributed by atoms with van der Waals surface area (Å²) in [6.45, 7) is 9.03. The quantitative estimate of drug-likeness (QED) is 0.753. The lowest BCUT2D eigenvalue weighted by Gasteiger charge is -2.34. The molecule has 2 nitrogen and oxygen atoms in total. The van der Waals surface area contributed by atoms with Gasteiger partial charge in [0.15, 0.2) is 5.78 Å². The Hall–Kier alpha value is -0.370. The van der Waals surface area contributed by atoms with Gasteiger partial charge in [0.2, 0.25) is 0 Å². The first kappa shape index (κ1) is 11.7. The Kier molecular flexibility index (Phi) is 3.36. The Balaban J connectivity index is 2.82. The standard InChI is InChI=1S/C12H23NO/c1-5-13-12(8-6-7-9-12)10(14)11(2,3)4/h13H,5-9H2,1-4H3. The average Bonchev–Trinajstić information content (AvgIpc) is 2.52. The maximum atomic E-state index is 12.3. The van der Waals surface area contributed by atoms with Crippen LogP contribution in [0.3, 0.4) is 0 Å². The van der Waals surface area contributed by atoms with E-state index in [1.54, 1.807) is 0 Å². The van der Waals surface area contributed by atoms with E-state index in [-0.39, 0.29) is 11.0 Å². The fourth-order valence-corrected chi connectivity index (χ4v) is 2.52. The second-order valence-electron chi connectivity index (χ2n) is 5.40. The lowest BCUT2D eigenvalue weighted by Crippen LogP contribution is -2.54. The molecule has 0 spiro atoms. The van der Waals surface area contributed by atoms with Crippen molar-refractivity contribution < 1.29 is 4.79 Å². The van der Waals surface area contributed by atoms with Gasteiger partial charge in [-0.3, -0.25) is 4.79 Å². The molecular weight excluding hydrogens is 174 g/mol. The Labute approximate surface area is 87.5 Å². The molecule has 0 amide bonds. The number of Topliss-reactive ketones (excluding diaryl/α,β-unsaturated/α-hetero) is 1. The van der Waals surface area contributed by atoms with Crippen LogP contribution in [0, 0.1) is 5.41 Å². The van der Waals surface area contributed by atoms with Crippen molar-refractivity contribution in [1.82, 2.24) is 5.32 Å². The zero-order valence-electron chi connectivity index (χ0n) is 9.94. The molecule has 1 N–H and O–H groups in total. The highest BCUT2D eigenvalue weighted by Crippen LogP contribution is 2.36. The SMILES string of the molecule is CCNC1(C(=O)C(C)(C)C)CCCC1. The predicted octanol–water partition coefficient (Wildman–Crippen LogP) is 2.52. The van der Waals surface area contributed by atoms with Crippen LogP contribution in [0.15, 0.2) is 0 Å². The molecule has 0 bridgehead atoms. The molecule has 0 radical (unpaired) electrons. The molecule has 1 rings (SSSR count). The minimum Gasteiger partial charge on any atom is -0.305 e. The molecule has 1 saturated carbocycles. The minimum absolute atomic E-state index is 0.201. The summed E-state index contributed by atoms with van der Waals surface area (Å²) < 4.78 is 0. The number of hydrogen-bond acceptors (Lipinski definition) is 2. The second-order valence-corrected chi connectivity index (χ2v) is 5.40. The number of likely N-dealkylation sites (N-methyl/N-ethyl adjacent to an activating group) is 1. The summed E-state index contributed by atoms with van der Waals surface area (Å²) in [5, 5.41) is 3.41. The van der Waals surface area contributed by atoms with Gasteiger partial charge in [-0.25, -0.2) is 0 Å². The fourth-order valence-electron chi connectivity index (χ4n) is 2.52. The van der Waals surface area contributed by atoms with Gasteiger partial charge in [0.1, 0.15) is 0 Å². The number of ketones is 1. The number of rotatable bonds is 3. The molecule has 2 heteroatoms. The zero-order valence-corrected chi connectivity index (χ0v) is 9.94. The van der Waals surface area contributed by atoms with E-state index in [2.05, 4.69) is 12.2 Å².